The van der Waals surface area contributed by atoms with Gasteiger partial charge in [0, 0.05) is 4.90 Å². The summed E-state index contributed by atoms with van der Waals surface area (Å²) in [5, 5.41) is 0.767. The molecule has 0 radical (unpaired) electrons. The molecule has 0 bridgehead atoms. The second kappa shape index (κ2) is 9.25. The summed E-state index contributed by atoms with van der Waals surface area (Å²) in [6.07, 6.45) is 0.928. The van der Waals surface area contributed by atoms with E-state index in [0.29, 0.717) is 12.3 Å². The van der Waals surface area contributed by atoms with E-state index < -0.39 is 0 Å². The molecule has 4 aromatic rings. The molecule has 1 amide bonds. The Morgan fingerprint density at radius 2 is 1.69 bits per heavy atom. The highest BCUT2D eigenvalue weighted by molar-refractivity contribution is 8.00. The molecule has 0 unspecified atom stereocenters. The van der Waals surface area contributed by atoms with Crippen molar-refractivity contribution < 1.29 is 4.79 Å². The van der Waals surface area contributed by atoms with Crippen LogP contribution in [0.1, 0.15) is 18.1 Å². The third kappa shape index (κ3) is 4.69. The van der Waals surface area contributed by atoms with E-state index in [4.69, 9.17) is 4.98 Å². The van der Waals surface area contributed by atoms with E-state index in [9.17, 15) is 4.79 Å². The molecule has 0 atom stereocenters. The molecular weight excluding hydrogens is 396 g/mol. The van der Waals surface area contributed by atoms with E-state index >= 15 is 0 Å². The Morgan fingerprint density at radius 1 is 0.966 bits per heavy atom. The lowest BCUT2D eigenvalue weighted by Gasteiger charge is -2.20. The maximum atomic E-state index is 13.2. The number of carbonyl (C=O) groups excluding carboxylic acids is 1. The van der Waals surface area contributed by atoms with Crippen molar-refractivity contribution in [2.45, 2.75) is 24.8 Å². The number of benzene rings is 3. The molecule has 0 spiro atoms. The molecule has 0 saturated heterocycles. The van der Waals surface area contributed by atoms with Crippen LogP contribution >= 0.6 is 23.1 Å². The number of carbonyl (C=O) groups is 1. The first-order chi connectivity index (χ1) is 14.2. The van der Waals surface area contributed by atoms with Crippen molar-refractivity contribution in [2.24, 2.45) is 0 Å². The van der Waals surface area contributed by atoms with Gasteiger partial charge in [-0.25, -0.2) is 4.98 Å². The SMILES string of the molecule is CCc1cccc2sc(N(Cc3ccccc3)C(=O)CSc3ccccc3)nc12. The van der Waals surface area contributed by atoms with Crippen LogP contribution in [0, 0.1) is 0 Å². The van der Waals surface area contributed by atoms with E-state index in [0.717, 1.165) is 32.2 Å². The number of aromatic nitrogens is 1. The number of hydrogen-bond acceptors (Lipinski definition) is 4. The van der Waals surface area contributed by atoms with Gasteiger partial charge >= 0.3 is 0 Å². The zero-order valence-electron chi connectivity index (χ0n) is 16.2. The number of para-hydroxylation sites is 1. The van der Waals surface area contributed by atoms with Crippen molar-refractivity contribution >= 4 is 44.4 Å². The Balaban J connectivity index is 1.63. The summed E-state index contributed by atoms with van der Waals surface area (Å²) in [6, 6.07) is 26.4. The fourth-order valence-electron chi connectivity index (χ4n) is 3.16. The van der Waals surface area contributed by atoms with Crippen LogP contribution in [0.5, 0.6) is 0 Å². The molecule has 5 heteroatoms. The van der Waals surface area contributed by atoms with Gasteiger partial charge in [0.2, 0.25) is 5.91 Å². The summed E-state index contributed by atoms with van der Waals surface area (Å²) in [5.41, 5.74) is 3.33. The average Bonchev–Trinajstić information content (AvgIpc) is 3.21. The normalized spacial score (nSPS) is 10.9. The van der Waals surface area contributed by atoms with E-state index in [1.54, 1.807) is 23.1 Å². The van der Waals surface area contributed by atoms with Crippen molar-refractivity contribution in [3.63, 3.8) is 0 Å². The van der Waals surface area contributed by atoms with Gasteiger partial charge in [0.15, 0.2) is 5.13 Å². The number of thiazole rings is 1. The molecule has 0 saturated carbocycles. The van der Waals surface area contributed by atoms with Gasteiger partial charge in [-0.05, 0) is 35.7 Å². The Morgan fingerprint density at radius 3 is 2.41 bits per heavy atom. The van der Waals surface area contributed by atoms with E-state index in [1.807, 2.05) is 53.4 Å². The van der Waals surface area contributed by atoms with Crippen molar-refractivity contribution in [1.29, 1.82) is 0 Å². The highest BCUT2D eigenvalue weighted by Crippen LogP contribution is 2.32. The van der Waals surface area contributed by atoms with Crippen molar-refractivity contribution in [3.05, 3.63) is 90.0 Å². The van der Waals surface area contributed by atoms with Crippen LogP contribution in [-0.2, 0) is 17.8 Å². The first kappa shape index (κ1) is 19.7. The van der Waals surface area contributed by atoms with Gasteiger partial charge in [0.25, 0.3) is 0 Å². The molecule has 0 N–H and O–H groups in total. The first-order valence-corrected chi connectivity index (χ1v) is 11.5. The van der Waals surface area contributed by atoms with Gasteiger partial charge in [0.05, 0.1) is 22.5 Å². The second-order valence-corrected chi connectivity index (χ2v) is 8.74. The molecule has 0 aliphatic carbocycles. The number of rotatable bonds is 7. The Labute approximate surface area is 179 Å². The Bertz CT molecular complexity index is 1090. The summed E-state index contributed by atoms with van der Waals surface area (Å²) in [6.45, 7) is 2.66. The molecule has 29 heavy (non-hydrogen) atoms. The van der Waals surface area contributed by atoms with E-state index in [-0.39, 0.29) is 5.91 Å². The van der Waals surface area contributed by atoms with Crippen LogP contribution in [0.2, 0.25) is 0 Å². The van der Waals surface area contributed by atoms with Gasteiger partial charge in [-0.3, -0.25) is 9.69 Å². The van der Waals surface area contributed by atoms with Crippen molar-refractivity contribution in [1.82, 2.24) is 4.98 Å². The third-order valence-electron chi connectivity index (χ3n) is 4.69. The predicted octanol–water partition coefficient (Wildman–Crippen LogP) is 6.18. The summed E-state index contributed by atoms with van der Waals surface area (Å²) in [7, 11) is 0. The molecule has 4 rings (SSSR count). The van der Waals surface area contributed by atoms with Crippen LogP contribution < -0.4 is 4.90 Å². The third-order valence-corrected chi connectivity index (χ3v) is 6.73. The maximum Gasteiger partial charge on any atom is 0.239 e. The zero-order chi connectivity index (χ0) is 20.1. The summed E-state index contributed by atoms with van der Waals surface area (Å²) in [4.78, 5) is 21.0. The lowest BCUT2D eigenvalue weighted by molar-refractivity contribution is -0.116. The number of hydrogen-bond donors (Lipinski definition) is 0. The fourth-order valence-corrected chi connectivity index (χ4v) is 4.99. The van der Waals surface area contributed by atoms with Crippen molar-refractivity contribution in [3.8, 4) is 0 Å². The highest BCUT2D eigenvalue weighted by Gasteiger charge is 2.21. The lowest BCUT2D eigenvalue weighted by atomic mass is 10.1. The second-order valence-electron chi connectivity index (χ2n) is 6.68. The molecule has 1 heterocycles. The van der Waals surface area contributed by atoms with Crippen LogP contribution in [0.15, 0.2) is 83.8 Å². The van der Waals surface area contributed by atoms with Crippen LogP contribution in [-0.4, -0.2) is 16.6 Å². The summed E-state index contributed by atoms with van der Waals surface area (Å²) in [5.74, 6) is 0.452. The number of amides is 1. The Hall–Kier alpha value is -2.63. The van der Waals surface area contributed by atoms with Crippen LogP contribution in [0.3, 0.4) is 0 Å². The van der Waals surface area contributed by atoms with Crippen LogP contribution in [0.4, 0.5) is 5.13 Å². The topological polar surface area (TPSA) is 33.2 Å². The fraction of sp³-hybridized carbons (Fsp3) is 0.167. The maximum absolute atomic E-state index is 13.2. The minimum absolute atomic E-state index is 0.0693. The van der Waals surface area contributed by atoms with Gasteiger partial charge in [-0.15, -0.1) is 11.8 Å². The molecule has 146 valence electrons. The van der Waals surface area contributed by atoms with Gasteiger partial charge in [-0.2, -0.15) is 0 Å². The molecule has 0 aliphatic rings. The monoisotopic (exact) mass is 418 g/mol. The number of aryl methyl sites for hydroxylation is 1. The number of fused-ring (bicyclic) bond motifs is 1. The van der Waals surface area contributed by atoms with E-state index in [2.05, 4.69) is 37.3 Å². The molecule has 1 aromatic heterocycles. The molecular formula is C24H22N2OS2. The summed E-state index contributed by atoms with van der Waals surface area (Å²) < 4.78 is 1.13. The number of anilines is 1. The molecule has 0 fully saturated rings. The predicted molar refractivity (Wildman–Crippen MR) is 124 cm³/mol. The minimum Gasteiger partial charge on any atom is -0.283 e. The van der Waals surface area contributed by atoms with Gasteiger partial charge in [-0.1, -0.05) is 78.9 Å². The highest BCUT2D eigenvalue weighted by atomic mass is 32.2. The largest absolute Gasteiger partial charge is 0.283 e. The standard InChI is InChI=1S/C24H22N2OS2/c1-2-19-12-9-15-21-23(19)25-24(29-21)26(16-18-10-5-3-6-11-18)22(27)17-28-20-13-7-4-8-14-20/h3-15H,2,16-17H2,1H3. The number of thioether (sulfide) groups is 1. The quantitative estimate of drug-likeness (QED) is 0.336. The molecule has 0 aliphatic heterocycles. The summed E-state index contributed by atoms with van der Waals surface area (Å²) >= 11 is 3.15. The van der Waals surface area contributed by atoms with Crippen molar-refractivity contribution in [2.75, 3.05) is 10.7 Å². The zero-order valence-corrected chi connectivity index (χ0v) is 17.9. The minimum atomic E-state index is 0.0693. The van der Waals surface area contributed by atoms with Crippen LogP contribution in [0.25, 0.3) is 10.2 Å². The van der Waals surface area contributed by atoms with Gasteiger partial charge < -0.3 is 0 Å². The first-order valence-electron chi connectivity index (χ1n) is 9.65. The lowest BCUT2D eigenvalue weighted by Crippen LogP contribution is -2.31. The molecule has 3 aromatic carbocycles. The smallest absolute Gasteiger partial charge is 0.239 e. The Kier molecular flexibility index (Phi) is 6.27. The van der Waals surface area contributed by atoms with Gasteiger partial charge in [0.1, 0.15) is 0 Å². The average molecular weight is 419 g/mol. The number of nitrogens with zero attached hydrogens (tertiary/aromatic N) is 2. The van der Waals surface area contributed by atoms with E-state index in [1.165, 1.54) is 5.56 Å². The molecule has 3 nitrogen and oxygen atoms in total.